The zero-order chi connectivity index (χ0) is 21.6. The largest absolute Gasteiger partial charge is 0.496 e. The van der Waals surface area contributed by atoms with E-state index in [1.807, 2.05) is 18.2 Å². The van der Waals surface area contributed by atoms with E-state index < -0.39 is 0 Å². The first-order valence-corrected chi connectivity index (χ1v) is 10.6. The van der Waals surface area contributed by atoms with Crippen molar-refractivity contribution in [3.05, 3.63) is 83.4 Å². The molecule has 0 saturated heterocycles. The summed E-state index contributed by atoms with van der Waals surface area (Å²) in [7, 11) is 5.84. The fraction of sp³-hybridized carbons (Fsp3) is 0.308. The summed E-state index contributed by atoms with van der Waals surface area (Å²) in [5.74, 6) is 2.71. The molecule has 162 valence electrons. The van der Waals surface area contributed by atoms with Crippen LogP contribution in [0.1, 0.15) is 29.0 Å². The van der Waals surface area contributed by atoms with E-state index in [0.29, 0.717) is 0 Å². The van der Waals surface area contributed by atoms with Gasteiger partial charge in [-0.15, -0.1) is 0 Å². The molecule has 4 rings (SSSR count). The first-order chi connectivity index (χ1) is 15.2. The van der Waals surface area contributed by atoms with Gasteiger partial charge in [0.2, 0.25) is 6.79 Å². The summed E-state index contributed by atoms with van der Waals surface area (Å²) in [5, 5.41) is 3.60. The van der Waals surface area contributed by atoms with E-state index in [1.165, 1.54) is 22.4 Å². The summed E-state index contributed by atoms with van der Waals surface area (Å²) in [6, 6.07) is 23.1. The van der Waals surface area contributed by atoms with Gasteiger partial charge in [0.15, 0.2) is 11.5 Å². The van der Waals surface area contributed by atoms with Crippen molar-refractivity contribution in [2.75, 3.05) is 39.4 Å². The first kappa shape index (κ1) is 21.1. The third-order valence-corrected chi connectivity index (χ3v) is 5.70. The highest BCUT2D eigenvalue weighted by molar-refractivity contribution is 5.49. The summed E-state index contributed by atoms with van der Waals surface area (Å²) in [5.41, 5.74) is 4.87. The number of ether oxygens (including phenoxy) is 3. The molecular weight excluding hydrogens is 388 g/mol. The molecule has 0 aliphatic carbocycles. The van der Waals surface area contributed by atoms with Crippen molar-refractivity contribution in [3.8, 4) is 17.2 Å². The lowest BCUT2D eigenvalue weighted by Gasteiger charge is -2.21. The number of para-hydroxylation sites is 1. The lowest BCUT2D eigenvalue weighted by molar-refractivity contribution is 0.174. The standard InChI is InChI=1S/C26H30N2O3/c1-28(2)21-11-8-19(9-12-21)17-27-15-14-22(23-6-4-5-7-24(23)29-3)20-10-13-25-26(16-20)31-18-30-25/h4-13,16,22,27H,14-15,17-18H2,1-3H3/t22-/m0/s1. The van der Waals surface area contributed by atoms with E-state index in [1.54, 1.807) is 7.11 Å². The molecule has 0 spiro atoms. The molecule has 0 saturated carbocycles. The van der Waals surface area contributed by atoms with Gasteiger partial charge in [0, 0.05) is 37.8 Å². The molecule has 1 heterocycles. The van der Waals surface area contributed by atoms with Gasteiger partial charge in [-0.3, -0.25) is 0 Å². The lowest BCUT2D eigenvalue weighted by atomic mass is 9.87. The Labute approximate surface area is 184 Å². The van der Waals surface area contributed by atoms with Crippen LogP contribution in [0.15, 0.2) is 66.7 Å². The average molecular weight is 419 g/mol. The molecule has 0 bridgehead atoms. The molecule has 0 radical (unpaired) electrons. The highest BCUT2D eigenvalue weighted by Crippen LogP contribution is 2.39. The third kappa shape index (κ3) is 4.94. The second kappa shape index (κ2) is 9.75. The molecule has 0 unspecified atom stereocenters. The molecule has 3 aromatic carbocycles. The molecule has 0 amide bonds. The van der Waals surface area contributed by atoms with Gasteiger partial charge >= 0.3 is 0 Å². The van der Waals surface area contributed by atoms with Crippen LogP contribution in [0.2, 0.25) is 0 Å². The van der Waals surface area contributed by atoms with Crippen molar-refractivity contribution < 1.29 is 14.2 Å². The van der Waals surface area contributed by atoms with Crippen LogP contribution >= 0.6 is 0 Å². The molecule has 1 aliphatic heterocycles. The van der Waals surface area contributed by atoms with Crippen LogP contribution in [0.4, 0.5) is 5.69 Å². The Morgan fingerprint density at radius 2 is 1.74 bits per heavy atom. The van der Waals surface area contributed by atoms with Gasteiger partial charge in [0.25, 0.3) is 0 Å². The Hall–Kier alpha value is -3.18. The molecule has 5 heteroatoms. The highest BCUT2D eigenvalue weighted by atomic mass is 16.7. The normalized spacial score (nSPS) is 13.1. The summed E-state index contributed by atoms with van der Waals surface area (Å²) in [4.78, 5) is 2.11. The molecule has 0 fully saturated rings. The van der Waals surface area contributed by atoms with Gasteiger partial charge < -0.3 is 24.4 Å². The van der Waals surface area contributed by atoms with Crippen molar-refractivity contribution in [3.63, 3.8) is 0 Å². The number of methoxy groups -OCH3 is 1. The summed E-state index contributed by atoms with van der Waals surface area (Å²) in [6.07, 6.45) is 0.940. The van der Waals surface area contributed by atoms with Gasteiger partial charge in [-0.25, -0.2) is 0 Å². The summed E-state index contributed by atoms with van der Waals surface area (Å²) < 4.78 is 16.8. The van der Waals surface area contributed by atoms with Crippen LogP contribution in [0, 0.1) is 0 Å². The molecule has 1 N–H and O–H groups in total. The molecular formula is C26H30N2O3. The Morgan fingerprint density at radius 1 is 0.968 bits per heavy atom. The van der Waals surface area contributed by atoms with Crippen LogP contribution in [-0.4, -0.2) is 34.5 Å². The minimum atomic E-state index is 0.189. The zero-order valence-electron chi connectivity index (χ0n) is 18.4. The van der Waals surface area contributed by atoms with Crippen molar-refractivity contribution >= 4 is 5.69 Å². The Morgan fingerprint density at radius 3 is 2.52 bits per heavy atom. The predicted molar refractivity (Wildman–Crippen MR) is 124 cm³/mol. The Balaban J connectivity index is 1.47. The molecule has 1 aliphatic rings. The third-order valence-electron chi connectivity index (χ3n) is 5.70. The van der Waals surface area contributed by atoms with Crippen LogP contribution in [0.25, 0.3) is 0 Å². The number of nitrogens with one attached hydrogen (secondary N) is 1. The minimum Gasteiger partial charge on any atom is -0.496 e. The van der Waals surface area contributed by atoms with Crippen LogP contribution in [0.5, 0.6) is 17.2 Å². The number of hydrogen-bond acceptors (Lipinski definition) is 5. The maximum Gasteiger partial charge on any atom is 0.231 e. The molecule has 31 heavy (non-hydrogen) atoms. The molecule has 1 atom stereocenters. The van der Waals surface area contributed by atoms with Gasteiger partial charge in [-0.05, 0) is 54.4 Å². The van der Waals surface area contributed by atoms with E-state index in [9.17, 15) is 0 Å². The highest BCUT2D eigenvalue weighted by Gasteiger charge is 2.21. The fourth-order valence-corrected chi connectivity index (χ4v) is 3.98. The van der Waals surface area contributed by atoms with Gasteiger partial charge in [0.05, 0.1) is 7.11 Å². The van der Waals surface area contributed by atoms with Gasteiger partial charge in [0.1, 0.15) is 5.75 Å². The Kier molecular flexibility index (Phi) is 6.63. The quantitative estimate of drug-likeness (QED) is 0.506. The molecule has 0 aromatic heterocycles. The van der Waals surface area contributed by atoms with Gasteiger partial charge in [-0.2, -0.15) is 0 Å². The maximum absolute atomic E-state index is 5.67. The fourth-order valence-electron chi connectivity index (χ4n) is 3.98. The van der Waals surface area contributed by atoms with Crippen LogP contribution in [0.3, 0.4) is 0 Å². The van der Waals surface area contributed by atoms with E-state index in [2.05, 4.69) is 72.8 Å². The SMILES string of the molecule is COc1ccccc1[C@@H](CCNCc1ccc(N(C)C)cc1)c1ccc2c(c1)OCO2. The van der Waals surface area contributed by atoms with Crippen molar-refractivity contribution in [1.82, 2.24) is 5.32 Å². The number of anilines is 1. The van der Waals surface area contributed by atoms with E-state index in [0.717, 1.165) is 36.8 Å². The second-order valence-corrected chi connectivity index (χ2v) is 7.93. The predicted octanol–water partition coefficient (Wildman–Crippen LogP) is 4.80. The number of benzene rings is 3. The average Bonchev–Trinajstić information content (AvgIpc) is 3.27. The number of hydrogen-bond donors (Lipinski definition) is 1. The van der Waals surface area contributed by atoms with Crippen molar-refractivity contribution in [2.45, 2.75) is 18.9 Å². The lowest BCUT2D eigenvalue weighted by Crippen LogP contribution is -2.18. The van der Waals surface area contributed by atoms with Crippen molar-refractivity contribution in [1.29, 1.82) is 0 Å². The summed E-state index contributed by atoms with van der Waals surface area (Å²) in [6.45, 7) is 2.01. The smallest absolute Gasteiger partial charge is 0.231 e. The van der Waals surface area contributed by atoms with E-state index in [-0.39, 0.29) is 12.7 Å². The number of rotatable bonds is 9. The van der Waals surface area contributed by atoms with E-state index in [4.69, 9.17) is 14.2 Å². The second-order valence-electron chi connectivity index (χ2n) is 7.93. The molecule has 5 nitrogen and oxygen atoms in total. The number of nitrogens with zero attached hydrogens (tertiary/aromatic N) is 1. The monoisotopic (exact) mass is 418 g/mol. The number of fused-ring (bicyclic) bond motifs is 1. The summed E-state index contributed by atoms with van der Waals surface area (Å²) >= 11 is 0. The van der Waals surface area contributed by atoms with Gasteiger partial charge in [-0.1, -0.05) is 36.4 Å². The van der Waals surface area contributed by atoms with E-state index >= 15 is 0 Å². The zero-order valence-corrected chi connectivity index (χ0v) is 18.4. The maximum atomic E-state index is 5.67. The van der Waals surface area contributed by atoms with Crippen LogP contribution in [-0.2, 0) is 6.54 Å². The first-order valence-electron chi connectivity index (χ1n) is 10.6. The minimum absolute atomic E-state index is 0.189. The topological polar surface area (TPSA) is 43.0 Å². The molecule has 3 aromatic rings. The Bertz CT molecular complexity index is 1000. The van der Waals surface area contributed by atoms with Crippen LogP contribution < -0.4 is 24.4 Å². The van der Waals surface area contributed by atoms with Crippen molar-refractivity contribution in [2.24, 2.45) is 0 Å².